The molecule has 2 fully saturated rings. The molecule has 0 aliphatic carbocycles. The number of thioether (sulfide) groups is 1. The number of ether oxygens (including phenoxy) is 5. The number of rotatable bonds is 3. The molecule has 13 heteroatoms. The Kier molecular flexibility index (Phi) is 8.06. The van der Waals surface area contributed by atoms with E-state index in [0.29, 0.717) is 45.3 Å². The number of likely N-dealkylation sites (N-methyl/N-ethyl adjacent to an activating group) is 1. The molecule has 240 valence electrons. The van der Waals surface area contributed by atoms with Crippen molar-refractivity contribution in [1.29, 1.82) is 5.26 Å². The molecule has 12 nitrogen and oxygen atoms in total. The summed E-state index contributed by atoms with van der Waals surface area (Å²) in [6, 6.07) is 0.967. The zero-order valence-electron chi connectivity index (χ0n) is 26.4. The number of fused-ring (bicyclic) bond motifs is 5. The number of cyclic esters (lactones) is 1. The predicted octanol–water partition coefficient (Wildman–Crippen LogP) is 3.33. The Morgan fingerprint density at radius 2 is 1.84 bits per heavy atom. The Morgan fingerprint density at radius 1 is 1.13 bits per heavy atom. The molecule has 0 spiro atoms. The molecule has 3 N–H and O–H groups in total. The van der Waals surface area contributed by atoms with Crippen LogP contribution >= 0.6 is 11.8 Å². The fraction of sp³-hybridized carbons (Fsp3) is 0.531. The summed E-state index contributed by atoms with van der Waals surface area (Å²) >= 11 is 1.43. The molecule has 2 bridgehead atoms. The van der Waals surface area contributed by atoms with Crippen LogP contribution in [0.2, 0.25) is 0 Å². The quantitative estimate of drug-likeness (QED) is 0.373. The van der Waals surface area contributed by atoms with Gasteiger partial charge >= 0.3 is 11.9 Å². The number of phenolic OH excluding ortho intramolecular Hbond substituents is 1. The number of benzene rings is 2. The van der Waals surface area contributed by atoms with Crippen molar-refractivity contribution in [3.8, 4) is 34.8 Å². The fourth-order valence-electron chi connectivity index (χ4n) is 7.59. The maximum Gasteiger partial charge on any atom is 0.323 e. The molecule has 1 unspecified atom stereocenters. The van der Waals surface area contributed by atoms with Gasteiger partial charge in [0.15, 0.2) is 23.0 Å². The van der Waals surface area contributed by atoms with Gasteiger partial charge in [-0.3, -0.25) is 19.4 Å². The molecule has 7 atom stereocenters. The molecule has 45 heavy (non-hydrogen) atoms. The number of esters is 2. The molecule has 0 amide bonds. The van der Waals surface area contributed by atoms with E-state index >= 15 is 0 Å². The van der Waals surface area contributed by atoms with Crippen LogP contribution in [0.3, 0.4) is 0 Å². The van der Waals surface area contributed by atoms with Crippen LogP contribution in [0.1, 0.15) is 64.6 Å². The molecule has 0 saturated carbocycles. The van der Waals surface area contributed by atoms with Gasteiger partial charge in [-0.05, 0) is 45.9 Å². The summed E-state index contributed by atoms with van der Waals surface area (Å²) in [5, 5.41) is 22.0. The minimum absolute atomic E-state index is 0.0257. The molecule has 2 aromatic carbocycles. The first kappa shape index (κ1) is 31.3. The van der Waals surface area contributed by atoms with E-state index in [0.717, 1.165) is 11.1 Å². The van der Waals surface area contributed by atoms with Crippen molar-refractivity contribution in [2.75, 3.05) is 33.3 Å². The Hall–Kier alpha value is -3.70. The number of hydrogen-bond acceptors (Lipinski definition) is 13. The number of hydrogen-bond donors (Lipinski definition) is 2. The maximum atomic E-state index is 13.0. The van der Waals surface area contributed by atoms with E-state index in [2.05, 4.69) is 15.9 Å². The van der Waals surface area contributed by atoms with E-state index in [-0.39, 0.29) is 30.9 Å². The van der Waals surface area contributed by atoms with Crippen LogP contribution in [0.15, 0.2) is 6.07 Å². The van der Waals surface area contributed by atoms with Crippen LogP contribution in [0.25, 0.3) is 0 Å². The lowest BCUT2D eigenvalue weighted by Gasteiger charge is -2.59. The summed E-state index contributed by atoms with van der Waals surface area (Å²) in [6.45, 7) is 8.80. The summed E-state index contributed by atoms with van der Waals surface area (Å²) in [5.41, 5.74) is 10.6. The number of nitrogens with two attached hydrogens (primary N) is 1. The van der Waals surface area contributed by atoms with Crippen LogP contribution < -0.4 is 24.7 Å². The first-order chi connectivity index (χ1) is 21.4. The summed E-state index contributed by atoms with van der Waals surface area (Å²) in [7, 11) is 3.47. The van der Waals surface area contributed by atoms with E-state index in [9.17, 15) is 20.0 Å². The third-order valence-electron chi connectivity index (χ3n) is 9.59. The highest BCUT2D eigenvalue weighted by molar-refractivity contribution is 7.99. The molecule has 0 radical (unpaired) electrons. The largest absolute Gasteiger partial charge is 0.504 e. The Morgan fingerprint density at radius 3 is 2.51 bits per heavy atom. The predicted molar refractivity (Wildman–Crippen MR) is 165 cm³/mol. The number of phenols is 1. The van der Waals surface area contributed by atoms with E-state index in [1.807, 2.05) is 40.8 Å². The second kappa shape index (κ2) is 11.6. The average Bonchev–Trinajstić information content (AvgIpc) is 3.48. The molecule has 2 aromatic rings. The highest BCUT2D eigenvalue weighted by Crippen LogP contribution is 2.63. The second-order valence-corrected chi connectivity index (χ2v) is 13.3. The number of nitrogens with zero attached hydrogens (tertiary/aromatic N) is 3. The summed E-state index contributed by atoms with van der Waals surface area (Å²) in [6.07, 6.45) is 0. The number of aryl methyl sites for hydroxylation is 2. The minimum Gasteiger partial charge on any atom is -0.504 e. The smallest absolute Gasteiger partial charge is 0.323 e. The fourth-order valence-corrected chi connectivity index (χ4v) is 9.03. The minimum atomic E-state index is -0.904. The first-order valence-electron chi connectivity index (χ1n) is 14.9. The summed E-state index contributed by atoms with van der Waals surface area (Å²) in [5.74, 6) is 0.812. The number of methoxy groups -OCH3 is 1. The number of nitriles is 1. The van der Waals surface area contributed by atoms with Crippen LogP contribution in [-0.4, -0.2) is 84.3 Å². The van der Waals surface area contributed by atoms with Gasteiger partial charge in [-0.15, -0.1) is 11.8 Å². The third kappa shape index (κ3) is 4.69. The summed E-state index contributed by atoms with van der Waals surface area (Å²) < 4.78 is 29.5. The van der Waals surface area contributed by atoms with Crippen molar-refractivity contribution >= 4 is 23.7 Å². The highest BCUT2D eigenvalue weighted by Gasteiger charge is 2.58. The lowest BCUT2D eigenvalue weighted by Crippen LogP contribution is -2.67. The van der Waals surface area contributed by atoms with Crippen LogP contribution in [0.5, 0.6) is 28.7 Å². The van der Waals surface area contributed by atoms with Gasteiger partial charge in [0, 0.05) is 47.0 Å². The van der Waals surface area contributed by atoms with E-state index in [4.69, 9.17) is 29.4 Å². The van der Waals surface area contributed by atoms with Gasteiger partial charge < -0.3 is 34.5 Å². The lowest BCUT2D eigenvalue weighted by molar-refractivity contribution is -0.150. The van der Waals surface area contributed by atoms with Gasteiger partial charge in [-0.25, -0.2) is 0 Å². The number of carbonyl (C=O) groups excluding carboxylic acids is 2. The van der Waals surface area contributed by atoms with E-state index < -0.39 is 47.4 Å². The summed E-state index contributed by atoms with van der Waals surface area (Å²) in [4.78, 5) is 29.8. The molecule has 4 aliphatic rings. The van der Waals surface area contributed by atoms with Crippen LogP contribution in [0, 0.1) is 32.1 Å². The van der Waals surface area contributed by atoms with Gasteiger partial charge in [0.25, 0.3) is 0 Å². The van der Waals surface area contributed by atoms with E-state index in [1.54, 1.807) is 0 Å². The van der Waals surface area contributed by atoms with Crippen molar-refractivity contribution in [3.63, 3.8) is 0 Å². The average molecular weight is 639 g/mol. The van der Waals surface area contributed by atoms with Crippen molar-refractivity contribution in [3.05, 3.63) is 39.4 Å². The van der Waals surface area contributed by atoms with Crippen molar-refractivity contribution in [2.45, 2.75) is 76.1 Å². The van der Waals surface area contributed by atoms with Gasteiger partial charge in [-0.1, -0.05) is 6.07 Å². The number of piperazine rings is 1. The zero-order chi connectivity index (χ0) is 32.5. The third-order valence-corrected chi connectivity index (χ3v) is 11.0. The van der Waals surface area contributed by atoms with Gasteiger partial charge in [0.1, 0.15) is 24.4 Å². The Balaban J connectivity index is 1.72. The topological polar surface area (TPSA) is 157 Å². The Labute approximate surface area is 266 Å². The zero-order valence-corrected chi connectivity index (χ0v) is 27.2. The number of aromatic hydroxyl groups is 1. The molecular formula is C32H38N4O8S. The van der Waals surface area contributed by atoms with Gasteiger partial charge in [0.05, 0.1) is 30.5 Å². The lowest BCUT2D eigenvalue weighted by atomic mass is 9.75. The van der Waals surface area contributed by atoms with Crippen LogP contribution in [-0.2, 0) is 14.3 Å². The van der Waals surface area contributed by atoms with Crippen molar-refractivity contribution < 1.29 is 38.4 Å². The SMILES string of the molecule is COc1c(C)cc(C)c([C@@H]2C3[C@H]4SC[C@H](N)C(=O)OC[C@@H](c5c6c(c(C)c(OC(C)=O)c54)OCO6)N3[C@@H](C#N)[C@H](C)N2C)c1O. The molecular weight excluding hydrogens is 600 g/mol. The number of carbonyl (C=O) groups is 2. The van der Waals surface area contributed by atoms with Crippen LogP contribution in [0.4, 0.5) is 0 Å². The van der Waals surface area contributed by atoms with Crippen molar-refractivity contribution in [1.82, 2.24) is 9.80 Å². The molecule has 2 saturated heterocycles. The Bertz CT molecular complexity index is 1630. The highest BCUT2D eigenvalue weighted by atomic mass is 32.2. The molecule has 4 heterocycles. The maximum absolute atomic E-state index is 13.0. The normalized spacial score (nSPS) is 29.3. The molecule has 4 aliphatic heterocycles. The second-order valence-electron chi connectivity index (χ2n) is 12.1. The van der Waals surface area contributed by atoms with E-state index in [1.165, 1.54) is 25.8 Å². The molecule has 0 aromatic heterocycles. The first-order valence-corrected chi connectivity index (χ1v) is 15.9. The van der Waals surface area contributed by atoms with Gasteiger partial charge in [-0.2, -0.15) is 5.26 Å². The molecule has 6 rings (SSSR count). The monoisotopic (exact) mass is 638 g/mol. The van der Waals surface area contributed by atoms with Gasteiger partial charge in [0.2, 0.25) is 6.79 Å². The van der Waals surface area contributed by atoms with Crippen molar-refractivity contribution in [2.24, 2.45) is 5.73 Å². The standard InChI is InChI=1S/C32H38N4O8S/c1-13-8-14(2)27(40-7)26(38)21(13)24-25-31-23-22(30-29(42-12-43-30)15(3)28(23)44-17(5)37)20(10-41-32(39)18(34)11-45-31)36(25)19(9-33)16(4)35(24)6/h8,16,18-20,24-25,31,38H,10-12,34H2,1-7H3/t16-,18-,19-,20-,24+,25?,31-/m0/s1.